The zero-order valence-electron chi connectivity index (χ0n) is 13.2. The van der Waals surface area contributed by atoms with Crippen molar-refractivity contribution in [2.24, 2.45) is 0 Å². The van der Waals surface area contributed by atoms with E-state index in [1.54, 1.807) is 0 Å². The summed E-state index contributed by atoms with van der Waals surface area (Å²) in [4.78, 5) is 8.73. The number of aromatic nitrogens is 2. The van der Waals surface area contributed by atoms with Crippen LogP contribution in [0.3, 0.4) is 0 Å². The Morgan fingerprint density at radius 3 is 2.87 bits per heavy atom. The first-order chi connectivity index (χ1) is 11.3. The van der Waals surface area contributed by atoms with Gasteiger partial charge in [0.2, 0.25) is 5.88 Å². The predicted molar refractivity (Wildman–Crippen MR) is 93.0 cm³/mol. The molecule has 115 valence electrons. The van der Waals surface area contributed by atoms with Crippen molar-refractivity contribution in [3.8, 4) is 5.88 Å². The third kappa shape index (κ3) is 2.57. The van der Waals surface area contributed by atoms with Crippen LogP contribution in [0.25, 0.3) is 10.8 Å². The fourth-order valence-electron chi connectivity index (χ4n) is 3.21. The number of hydrogen-bond donors (Lipinski definition) is 0. The van der Waals surface area contributed by atoms with E-state index in [1.807, 2.05) is 6.26 Å². The van der Waals surface area contributed by atoms with Gasteiger partial charge in [-0.2, -0.15) is 4.98 Å². The number of fused-ring (bicyclic) bond motifs is 2. The molecule has 4 rings (SSSR count). The van der Waals surface area contributed by atoms with Gasteiger partial charge in [0.1, 0.15) is 12.3 Å². The number of hydrogen-bond acceptors (Lipinski definition) is 4. The summed E-state index contributed by atoms with van der Waals surface area (Å²) >= 11 is 1.51. The molecule has 23 heavy (non-hydrogen) atoms. The summed E-state index contributed by atoms with van der Waals surface area (Å²) in [5.74, 6) is 0.686. The summed E-state index contributed by atoms with van der Waals surface area (Å²) in [6, 6.07) is 12.9. The van der Waals surface area contributed by atoms with Crippen LogP contribution in [0.1, 0.15) is 29.2 Å². The maximum absolute atomic E-state index is 6.23. The highest BCUT2D eigenvalue weighted by Gasteiger charge is 2.25. The van der Waals surface area contributed by atoms with Crippen molar-refractivity contribution in [1.82, 2.24) is 9.97 Å². The average molecular weight is 321 g/mol. The second kappa shape index (κ2) is 5.85. The fourth-order valence-corrected chi connectivity index (χ4v) is 3.52. The van der Waals surface area contributed by atoms with Gasteiger partial charge in [-0.05, 0) is 42.4 Å². The van der Waals surface area contributed by atoms with Crippen molar-refractivity contribution >= 4 is 22.5 Å². The standard InChI is InChI=1S/C19H17N2OS/c1-12-5-3-6-13-7-4-8-15(17(12)13)16-10-9-14-11-20-19(23-2)21-18(14)22-16/h3-8,16H,9-10H2,1-2H3. The topological polar surface area (TPSA) is 35.0 Å². The molecule has 1 aliphatic heterocycles. The molecule has 0 bridgehead atoms. The van der Waals surface area contributed by atoms with Crippen molar-refractivity contribution in [2.45, 2.75) is 31.0 Å². The Bertz CT molecular complexity index is 873. The molecule has 0 amide bonds. The molecule has 1 aliphatic rings. The molecular formula is C19H17N2OS. The minimum atomic E-state index is 0.0327. The highest BCUT2D eigenvalue weighted by molar-refractivity contribution is 7.98. The van der Waals surface area contributed by atoms with Gasteiger partial charge in [0.05, 0.1) is 0 Å². The zero-order valence-corrected chi connectivity index (χ0v) is 14.0. The molecule has 1 aromatic heterocycles. The van der Waals surface area contributed by atoms with Gasteiger partial charge in [0, 0.05) is 11.1 Å². The molecule has 3 aromatic rings. The Morgan fingerprint density at radius 2 is 2.04 bits per heavy atom. The van der Waals surface area contributed by atoms with Crippen LogP contribution in [-0.4, -0.2) is 16.2 Å². The number of ether oxygens (including phenoxy) is 1. The molecule has 0 fully saturated rings. The van der Waals surface area contributed by atoms with E-state index in [1.165, 1.54) is 33.7 Å². The molecule has 1 unspecified atom stereocenters. The zero-order chi connectivity index (χ0) is 15.8. The summed E-state index contributed by atoms with van der Waals surface area (Å²) in [7, 11) is 0. The van der Waals surface area contributed by atoms with Gasteiger partial charge in [0.25, 0.3) is 0 Å². The second-order valence-electron chi connectivity index (χ2n) is 5.77. The number of nitrogens with zero attached hydrogens (tertiary/aromatic N) is 2. The van der Waals surface area contributed by atoms with E-state index >= 15 is 0 Å². The van der Waals surface area contributed by atoms with E-state index in [-0.39, 0.29) is 6.10 Å². The summed E-state index contributed by atoms with van der Waals surface area (Å²) in [6.07, 6.45) is 6.89. The van der Waals surface area contributed by atoms with Crippen LogP contribution in [0.5, 0.6) is 5.88 Å². The average Bonchev–Trinajstić information content (AvgIpc) is 2.60. The van der Waals surface area contributed by atoms with E-state index in [0.29, 0.717) is 11.0 Å². The van der Waals surface area contributed by atoms with Crippen LogP contribution in [0, 0.1) is 13.1 Å². The Labute approximate surface area is 140 Å². The number of benzene rings is 2. The molecule has 1 radical (unpaired) electrons. The first-order valence-electron chi connectivity index (χ1n) is 7.74. The van der Waals surface area contributed by atoms with Crippen LogP contribution in [-0.2, 0) is 6.42 Å². The predicted octanol–water partition coefficient (Wildman–Crippen LogP) is 4.53. The minimum absolute atomic E-state index is 0.0327. The highest BCUT2D eigenvalue weighted by atomic mass is 32.2. The fraction of sp³-hybridized carbons (Fsp3) is 0.263. The van der Waals surface area contributed by atoms with Crippen molar-refractivity contribution in [3.63, 3.8) is 0 Å². The van der Waals surface area contributed by atoms with E-state index in [2.05, 4.69) is 59.5 Å². The third-order valence-corrected chi connectivity index (χ3v) is 4.87. The van der Waals surface area contributed by atoms with Gasteiger partial charge in [-0.25, -0.2) is 4.98 Å². The molecule has 1 atom stereocenters. The minimum Gasteiger partial charge on any atom is -0.469 e. The first kappa shape index (κ1) is 14.5. The van der Waals surface area contributed by atoms with Crippen LogP contribution in [0.15, 0.2) is 41.6 Å². The highest BCUT2D eigenvalue weighted by Crippen LogP contribution is 2.37. The normalized spacial score (nSPS) is 16.9. The SMILES string of the molecule is CSc1n[c]c2c(n1)OC(c1cccc3cccc(C)c13)CC2. The van der Waals surface area contributed by atoms with Gasteiger partial charge in [-0.15, -0.1) is 0 Å². The quantitative estimate of drug-likeness (QED) is 0.513. The summed E-state index contributed by atoms with van der Waals surface area (Å²) in [5.41, 5.74) is 3.51. The van der Waals surface area contributed by atoms with Gasteiger partial charge >= 0.3 is 0 Å². The number of aryl methyl sites for hydroxylation is 2. The van der Waals surface area contributed by atoms with Gasteiger partial charge < -0.3 is 4.74 Å². The molecular weight excluding hydrogens is 304 g/mol. The molecule has 4 heteroatoms. The van der Waals surface area contributed by atoms with Crippen molar-refractivity contribution in [1.29, 1.82) is 0 Å². The maximum Gasteiger partial charge on any atom is 0.221 e. The van der Waals surface area contributed by atoms with Gasteiger partial charge in [-0.3, -0.25) is 0 Å². The van der Waals surface area contributed by atoms with Crippen molar-refractivity contribution < 1.29 is 4.74 Å². The van der Waals surface area contributed by atoms with E-state index in [9.17, 15) is 0 Å². The number of rotatable bonds is 2. The number of thioether (sulfide) groups is 1. The molecule has 0 N–H and O–H groups in total. The molecule has 0 saturated carbocycles. The lowest BCUT2D eigenvalue weighted by Gasteiger charge is -2.26. The smallest absolute Gasteiger partial charge is 0.221 e. The van der Waals surface area contributed by atoms with Crippen LogP contribution in [0.2, 0.25) is 0 Å². The Kier molecular flexibility index (Phi) is 3.69. The monoisotopic (exact) mass is 321 g/mol. The Balaban J connectivity index is 1.78. The second-order valence-corrected chi connectivity index (χ2v) is 6.54. The van der Waals surface area contributed by atoms with Crippen molar-refractivity contribution in [3.05, 3.63) is 59.3 Å². The van der Waals surface area contributed by atoms with E-state index in [0.717, 1.165) is 18.4 Å². The van der Waals surface area contributed by atoms with Gasteiger partial charge in [-0.1, -0.05) is 48.2 Å². The molecule has 0 saturated heterocycles. The lowest BCUT2D eigenvalue weighted by molar-refractivity contribution is 0.167. The van der Waals surface area contributed by atoms with Crippen LogP contribution < -0.4 is 4.74 Å². The third-order valence-electron chi connectivity index (χ3n) is 4.33. The van der Waals surface area contributed by atoms with Gasteiger partial charge in [0.15, 0.2) is 5.16 Å². The molecule has 2 heterocycles. The molecule has 3 nitrogen and oxygen atoms in total. The van der Waals surface area contributed by atoms with Crippen LogP contribution >= 0.6 is 11.8 Å². The lowest BCUT2D eigenvalue weighted by atomic mass is 9.93. The van der Waals surface area contributed by atoms with Crippen LogP contribution in [0.4, 0.5) is 0 Å². The van der Waals surface area contributed by atoms with E-state index < -0.39 is 0 Å². The maximum atomic E-state index is 6.23. The molecule has 2 aromatic carbocycles. The van der Waals surface area contributed by atoms with E-state index in [4.69, 9.17) is 4.74 Å². The summed E-state index contributed by atoms with van der Waals surface area (Å²) < 4.78 is 6.23. The largest absolute Gasteiger partial charge is 0.469 e. The lowest BCUT2D eigenvalue weighted by Crippen LogP contribution is -2.17. The summed E-state index contributed by atoms with van der Waals surface area (Å²) in [6.45, 7) is 2.16. The molecule has 0 spiro atoms. The Hall–Kier alpha value is -2.07. The molecule has 0 aliphatic carbocycles. The first-order valence-corrected chi connectivity index (χ1v) is 8.96. The van der Waals surface area contributed by atoms with Crippen molar-refractivity contribution in [2.75, 3.05) is 6.26 Å². The Morgan fingerprint density at radius 1 is 1.22 bits per heavy atom. The summed E-state index contributed by atoms with van der Waals surface area (Å²) in [5, 5.41) is 3.26.